The van der Waals surface area contributed by atoms with Crippen molar-refractivity contribution in [2.24, 2.45) is 0 Å². The van der Waals surface area contributed by atoms with Crippen molar-refractivity contribution in [1.82, 2.24) is 15.0 Å². The van der Waals surface area contributed by atoms with E-state index in [2.05, 4.69) is 15.0 Å². The second-order valence-corrected chi connectivity index (χ2v) is 4.92. The van der Waals surface area contributed by atoms with Gasteiger partial charge in [0.05, 0.1) is 0 Å². The van der Waals surface area contributed by atoms with Gasteiger partial charge in [-0.15, -0.1) is 0 Å². The summed E-state index contributed by atoms with van der Waals surface area (Å²) in [5.41, 5.74) is 0.829. The maximum Gasteiger partial charge on any atom is 0.231 e. The topological polar surface area (TPSA) is 45.2 Å². The summed E-state index contributed by atoms with van der Waals surface area (Å²) < 4.78 is 13.2. The van der Waals surface area contributed by atoms with Gasteiger partial charge >= 0.3 is 0 Å². The Morgan fingerprint density at radius 2 is 1.80 bits per heavy atom. The first-order valence-electron chi connectivity index (χ1n) is 6.00. The minimum Gasteiger partial charge on any atom is -0.347 e. The highest BCUT2D eigenvalue weighted by molar-refractivity contribution is 6.28. The molecule has 20 heavy (non-hydrogen) atoms. The SMILES string of the molecule is CN(C)c1nc(Cl)nc(N(C)Cc2cccc(F)c2)n1. The molecule has 0 saturated carbocycles. The molecule has 0 fully saturated rings. The number of nitrogens with zero attached hydrogens (tertiary/aromatic N) is 5. The Balaban J connectivity index is 2.22. The first-order valence-corrected chi connectivity index (χ1v) is 6.38. The van der Waals surface area contributed by atoms with Crippen LogP contribution in [0.15, 0.2) is 24.3 Å². The first-order chi connectivity index (χ1) is 9.45. The summed E-state index contributed by atoms with van der Waals surface area (Å²) >= 11 is 5.89. The average Bonchev–Trinajstić information content (AvgIpc) is 2.37. The molecule has 106 valence electrons. The van der Waals surface area contributed by atoms with Crippen molar-refractivity contribution in [2.75, 3.05) is 30.9 Å². The van der Waals surface area contributed by atoms with Gasteiger partial charge in [0.25, 0.3) is 0 Å². The number of anilines is 2. The molecule has 1 aromatic carbocycles. The fourth-order valence-corrected chi connectivity index (χ4v) is 1.83. The van der Waals surface area contributed by atoms with Crippen LogP contribution in [0.4, 0.5) is 16.3 Å². The Labute approximate surface area is 122 Å². The lowest BCUT2D eigenvalue weighted by molar-refractivity contribution is 0.625. The molecule has 0 radical (unpaired) electrons. The predicted octanol–water partition coefficient (Wildman–Crippen LogP) is 2.37. The Morgan fingerprint density at radius 3 is 2.45 bits per heavy atom. The molecule has 0 spiro atoms. The van der Waals surface area contributed by atoms with E-state index in [4.69, 9.17) is 11.6 Å². The van der Waals surface area contributed by atoms with E-state index in [9.17, 15) is 4.39 Å². The molecule has 0 N–H and O–H groups in total. The lowest BCUT2D eigenvalue weighted by Gasteiger charge is -2.19. The molecular formula is C13H15ClFN5. The van der Waals surface area contributed by atoms with E-state index in [1.165, 1.54) is 12.1 Å². The van der Waals surface area contributed by atoms with E-state index in [1.807, 2.05) is 27.2 Å². The van der Waals surface area contributed by atoms with Crippen molar-refractivity contribution >= 4 is 23.5 Å². The smallest absolute Gasteiger partial charge is 0.231 e. The molecule has 2 rings (SSSR count). The van der Waals surface area contributed by atoms with Crippen LogP contribution in [0.1, 0.15) is 5.56 Å². The molecule has 5 nitrogen and oxygen atoms in total. The van der Waals surface area contributed by atoms with Gasteiger partial charge in [-0.05, 0) is 29.3 Å². The average molecular weight is 296 g/mol. The molecule has 0 atom stereocenters. The van der Waals surface area contributed by atoms with Crippen LogP contribution >= 0.6 is 11.6 Å². The number of benzene rings is 1. The third-order valence-electron chi connectivity index (χ3n) is 2.63. The van der Waals surface area contributed by atoms with Crippen LogP contribution in [0.3, 0.4) is 0 Å². The zero-order valence-electron chi connectivity index (χ0n) is 11.5. The van der Waals surface area contributed by atoms with Gasteiger partial charge in [-0.1, -0.05) is 12.1 Å². The molecular weight excluding hydrogens is 281 g/mol. The molecule has 1 heterocycles. The van der Waals surface area contributed by atoms with Gasteiger partial charge in [0, 0.05) is 27.7 Å². The van der Waals surface area contributed by atoms with Crippen molar-refractivity contribution in [3.8, 4) is 0 Å². The van der Waals surface area contributed by atoms with Crippen molar-refractivity contribution < 1.29 is 4.39 Å². The fraction of sp³-hybridized carbons (Fsp3) is 0.308. The highest BCUT2D eigenvalue weighted by atomic mass is 35.5. The fourth-order valence-electron chi connectivity index (χ4n) is 1.68. The molecule has 7 heteroatoms. The minimum atomic E-state index is -0.265. The minimum absolute atomic E-state index is 0.129. The molecule has 0 aliphatic heterocycles. The largest absolute Gasteiger partial charge is 0.347 e. The highest BCUT2D eigenvalue weighted by Gasteiger charge is 2.11. The van der Waals surface area contributed by atoms with Crippen molar-refractivity contribution in [2.45, 2.75) is 6.54 Å². The highest BCUT2D eigenvalue weighted by Crippen LogP contribution is 2.16. The van der Waals surface area contributed by atoms with Crippen molar-refractivity contribution in [1.29, 1.82) is 0 Å². The summed E-state index contributed by atoms with van der Waals surface area (Å²) in [4.78, 5) is 15.9. The molecule has 0 saturated heterocycles. The number of hydrogen-bond donors (Lipinski definition) is 0. The lowest BCUT2D eigenvalue weighted by atomic mass is 10.2. The molecule has 0 aliphatic rings. The Hall–Kier alpha value is -1.95. The molecule has 2 aromatic rings. The summed E-state index contributed by atoms with van der Waals surface area (Å²) in [7, 11) is 5.46. The molecule has 0 unspecified atom stereocenters. The van der Waals surface area contributed by atoms with Gasteiger partial charge in [-0.2, -0.15) is 15.0 Å². The molecule has 0 amide bonds. The van der Waals surface area contributed by atoms with E-state index in [0.29, 0.717) is 18.4 Å². The van der Waals surface area contributed by atoms with Gasteiger partial charge in [-0.3, -0.25) is 0 Å². The van der Waals surface area contributed by atoms with E-state index >= 15 is 0 Å². The zero-order chi connectivity index (χ0) is 14.7. The van der Waals surface area contributed by atoms with E-state index in [0.717, 1.165) is 5.56 Å². The van der Waals surface area contributed by atoms with Crippen molar-refractivity contribution in [3.63, 3.8) is 0 Å². The Morgan fingerprint density at radius 1 is 1.10 bits per heavy atom. The first kappa shape index (κ1) is 14.5. The van der Waals surface area contributed by atoms with Crippen LogP contribution in [-0.4, -0.2) is 36.1 Å². The van der Waals surface area contributed by atoms with E-state index < -0.39 is 0 Å². The standard InChI is InChI=1S/C13H15ClFN5/c1-19(2)12-16-11(14)17-13(18-12)20(3)8-9-5-4-6-10(15)7-9/h4-7H,8H2,1-3H3. The van der Waals surface area contributed by atoms with Crippen LogP contribution in [-0.2, 0) is 6.54 Å². The van der Waals surface area contributed by atoms with Crippen LogP contribution in [0.25, 0.3) is 0 Å². The van der Waals surface area contributed by atoms with Crippen LogP contribution in [0, 0.1) is 5.82 Å². The molecule has 1 aromatic heterocycles. The number of halogens is 2. The van der Waals surface area contributed by atoms with Gasteiger partial charge in [0.15, 0.2) is 0 Å². The summed E-state index contributed by atoms with van der Waals surface area (Å²) in [6, 6.07) is 6.40. The monoisotopic (exact) mass is 295 g/mol. The Bertz CT molecular complexity index is 605. The number of hydrogen-bond acceptors (Lipinski definition) is 5. The maximum absolute atomic E-state index is 13.2. The second-order valence-electron chi connectivity index (χ2n) is 4.58. The lowest BCUT2D eigenvalue weighted by Crippen LogP contribution is -2.22. The predicted molar refractivity (Wildman–Crippen MR) is 77.7 cm³/mol. The number of rotatable bonds is 4. The van der Waals surface area contributed by atoms with E-state index in [1.54, 1.807) is 15.9 Å². The van der Waals surface area contributed by atoms with Crippen LogP contribution in [0.2, 0.25) is 5.28 Å². The summed E-state index contributed by atoms with van der Waals surface area (Å²) in [5, 5.41) is 0.129. The van der Waals surface area contributed by atoms with Gasteiger partial charge in [0.2, 0.25) is 17.2 Å². The third-order valence-corrected chi connectivity index (χ3v) is 2.80. The Kier molecular flexibility index (Phi) is 4.34. The normalized spacial score (nSPS) is 10.4. The molecule has 0 bridgehead atoms. The van der Waals surface area contributed by atoms with E-state index in [-0.39, 0.29) is 11.1 Å². The zero-order valence-corrected chi connectivity index (χ0v) is 12.3. The van der Waals surface area contributed by atoms with Crippen LogP contribution in [0.5, 0.6) is 0 Å². The number of aromatic nitrogens is 3. The summed E-state index contributed by atoms with van der Waals surface area (Å²) in [6.07, 6.45) is 0. The van der Waals surface area contributed by atoms with Crippen LogP contribution < -0.4 is 9.80 Å². The van der Waals surface area contributed by atoms with Gasteiger partial charge in [0.1, 0.15) is 5.82 Å². The second kappa shape index (κ2) is 6.00. The maximum atomic E-state index is 13.2. The van der Waals surface area contributed by atoms with Crippen molar-refractivity contribution in [3.05, 3.63) is 40.9 Å². The third kappa shape index (κ3) is 3.54. The quantitative estimate of drug-likeness (QED) is 0.866. The van der Waals surface area contributed by atoms with Gasteiger partial charge in [-0.25, -0.2) is 4.39 Å². The van der Waals surface area contributed by atoms with Gasteiger partial charge < -0.3 is 9.80 Å². The summed E-state index contributed by atoms with van der Waals surface area (Å²) in [5.74, 6) is 0.655. The molecule has 0 aliphatic carbocycles. The summed E-state index contributed by atoms with van der Waals surface area (Å²) in [6.45, 7) is 0.477.